The summed E-state index contributed by atoms with van der Waals surface area (Å²) in [5.74, 6) is 3.41. The van der Waals surface area contributed by atoms with Crippen molar-refractivity contribution in [1.29, 1.82) is 0 Å². The lowest BCUT2D eigenvalue weighted by atomic mass is 10.2. The highest BCUT2D eigenvalue weighted by Gasteiger charge is 2.17. The molecule has 1 aromatic heterocycles. The van der Waals surface area contributed by atoms with Crippen molar-refractivity contribution < 1.29 is 28.3 Å². The molecule has 0 unspecified atom stereocenters. The third-order valence-electron chi connectivity index (χ3n) is 4.78. The van der Waals surface area contributed by atoms with Crippen LogP contribution in [0.3, 0.4) is 0 Å². The minimum Gasteiger partial charge on any atom is -0.497 e. The van der Waals surface area contributed by atoms with Crippen molar-refractivity contribution in [2.24, 2.45) is 0 Å². The number of hydrogen-bond acceptors (Lipinski definition) is 8. The zero-order chi connectivity index (χ0) is 22.9. The van der Waals surface area contributed by atoms with E-state index < -0.39 is 0 Å². The van der Waals surface area contributed by atoms with Gasteiger partial charge in [0.1, 0.15) is 23.0 Å². The Morgan fingerprint density at radius 3 is 2.34 bits per heavy atom. The number of carbonyl (C=O) groups is 1. The van der Waals surface area contributed by atoms with E-state index in [1.54, 1.807) is 51.5 Å². The van der Waals surface area contributed by atoms with Crippen LogP contribution in [0.25, 0.3) is 11.4 Å². The van der Waals surface area contributed by atoms with Crippen molar-refractivity contribution in [1.82, 2.24) is 15.0 Å². The molecule has 0 saturated carbocycles. The third kappa shape index (κ3) is 5.90. The average Bonchev–Trinajstić information content (AvgIpc) is 3.29. The molecule has 170 valence electrons. The summed E-state index contributed by atoms with van der Waals surface area (Å²) in [5.41, 5.74) is 0.674. The molecule has 0 N–H and O–H groups in total. The quantitative estimate of drug-likeness (QED) is 0.417. The van der Waals surface area contributed by atoms with Gasteiger partial charge in [-0.1, -0.05) is 5.16 Å². The second kappa shape index (κ2) is 11.0. The normalized spacial score (nSPS) is 10.5. The molecule has 0 aliphatic rings. The number of nitrogens with zero attached hydrogens (tertiary/aromatic N) is 3. The summed E-state index contributed by atoms with van der Waals surface area (Å²) in [4.78, 5) is 18.4. The second-order valence-corrected chi connectivity index (χ2v) is 6.96. The summed E-state index contributed by atoms with van der Waals surface area (Å²) in [6, 6.07) is 12.6. The monoisotopic (exact) mass is 441 g/mol. The number of methoxy groups -OCH3 is 3. The number of amides is 1. The lowest BCUT2D eigenvalue weighted by molar-refractivity contribution is -0.131. The van der Waals surface area contributed by atoms with Gasteiger partial charge in [-0.25, -0.2) is 0 Å². The van der Waals surface area contributed by atoms with Crippen molar-refractivity contribution in [3.05, 3.63) is 48.4 Å². The summed E-state index contributed by atoms with van der Waals surface area (Å²) in [6.07, 6.45) is 0.938. The molecular formula is C23H27N3O6. The molecular weight excluding hydrogens is 414 g/mol. The largest absolute Gasteiger partial charge is 0.497 e. The van der Waals surface area contributed by atoms with E-state index in [1.165, 1.54) is 0 Å². The SMILES string of the molecule is COc1ccc(OCCCC(=O)N(C)Cc2nc(-c3ccc(OC)cc3OC)no2)cc1. The highest BCUT2D eigenvalue weighted by atomic mass is 16.5. The fourth-order valence-corrected chi connectivity index (χ4v) is 2.98. The molecule has 32 heavy (non-hydrogen) atoms. The first-order valence-corrected chi connectivity index (χ1v) is 10.1. The number of ether oxygens (including phenoxy) is 4. The molecule has 3 rings (SSSR count). The van der Waals surface area contributed by atoms with Crippen LogP contribution in [0, 0.1) is 0 Å². The molecule has 0 spiro atoms. The molecule has 9 heteroatoms. The second-order valence-electron chi connectivity index (χ2n) is 6.96. The van der Waals surface area contributed by atoms with E-state index in [-0.39, 0.29) is 12.5 Å². The highest BCUT2D eigenvalue weighted by Crippen LogP contribution is 2.31. The van der Waals surface area contributed by atoms with Crippen molar-refractivity contribution in [3.8, 4) is 34.4 Å². The minimum absolute atomic E-state index is 0.0369. The molecule has 0 fully saturated rings. The molecule has 2 aromatic carbocycles. The predicted octanol–water partition coefficient (Wildman–Crippen LogP) is 3.58. The van der Waals surface area contributed by atoms with E-state index in [9.17, 15) is 4.79 Å². The van der Waals surface area contributed by atoms with Crippen LogP contribution in [0.15, 0.2) is 47.0 Å². The number of aromatic nitrogens is 2. The molecule has 0 radical (unpaired) electrons. The topological polar surface area (TPSA) is 96.2 Å². The molecule has 0 aliphatic carbocycles. The van der Waals surface area contributed by atoms with Crippen LogP contribution < -0.4 is 18.9 Å². The summed E-state index contributed by atoms with van der Waals surface area (Å²) in [5, 5.41) is 4.01. The van der Waals surface area contributed by atoms with E-state index in [0.717, 1.165) is 11.5 Å². The molecule has 0 aliphatic heterocycles. The zero-order valence-corrected chi connectivity index (χ0v) is 18.7. The standard InChI is InChI=1S/C23H27N3O6/c1-26(22(27)6-5-13-31-17-9-7-16(28-2)8-10-17)15-21-24-23(25-32-21)19-12-11-18(29-3)14-20(19)30-4/h7-12,14H,5-6,13,15H2,1-4H3. The summed E-state index contributed by atoms with van der Waals surface area (Å²) < 4.78 is 26.7. The lowest BCUT2D eigenvalue weighted by Gasteiger charge is -2.14. The van der Waals surface area contributed by atoms with Crippen molar-refractivity contribution in [3.63, 3.8) is 0 Å². The van der Waals surface area contributed by atoms with Gasteiger partial charge in [0.2, 0.25) is 17.6 Å². The van der Waals surface area contributed by atoms with E-state index in [4.69, 9.17) is 23.5 Å². The number of hydrogen-bond donors (Lipinski definition) is 0. The van der Waals surface area contributed by atoms with Crippen molar-refractivity contribution >= 4 is 5.91 Å². The molecule has 0 saturated heterocycles. The Bertz CT molecular complexity index is 1020. The smallest absolute Gasteiger partial charge is 0.246 e. The van der Waals surface area contributed by atoms with Crippen LogP contribution >= 0.6 is 0 Å². The Kier molecular flexibility index (Phi) is 7.91. The average molecular weight is 441 g/mol. The molecule has 0 bridgehead atoms. The van der Waals surface area contributed by atoms with Gasteiger partial charge in [0.15, 0.2) is 0 Å². The predicted molar refractivity (Wildman–Crippen MR) is 117 cm³/mol. The van der Waals surface area contributed by atoms with Crippen LogP contribution in [0.1, 0.15) is 18.7 Å². The van der Waals surface area contributed by atoms with Crippen molar-refractivity contribution in [2.75, 3.05) is 35.0 Å². The van der Waals surface area contributed by atoms with E-state index in [1.807, 2.05) is 24.3 Å². The van der Waals surface area contributed by atoms with Gasteiger partial charge in [-0.2, -0.15) is 4.98 Å². The van der Waals surface area contributed by atoms with Gasteiger partial charge in [0, 0.05) is 19.5 Å². The van der Waals surface area contributed by atoms with Gasteiger partial charge >= 0.3 is 0 Å². The molecule has 1 heterocycles. The fraction of sp³-hybridized carbons (Fsp3) is 0.348. The Hall–Kier alpha value is -3.75. The minimum atomic E-state index is -0.0369. The lowest BCUT2D eigenvalue weighted by Crippen LogP contribution is -2.26. The van der Waals surface area contributed by atoms with Gasteiger partial charge in [-0.15, -0.1) is 0 Å². The van der Waals surface area contributed by atoms with Gasteiger partial charge in [0.05, 0.1) is 40.0 Å². The van der Waals surface area contributed by atoms with Crippen LogP contribution in [-0.4, -0.2) is 55.9 Å². The Balaban J connectivity index is 1.48. The fourth-order valence-electron chi connectivity index (χ4n) is 2.98. The first-order chi connectivity index (χ1) is 15.5. The van der Waals surface area contributed by atoms with Crippen LogP contribution in [0.2, 0.25) is 0 Å². The zero-order valence-electron chi connectivity index (χ0n) is 18.7. The molecule has 9 nitrogen and oxygen atoms in total. The van der Waals surface area contributed by atoms with E-state index in [2.05, 4.69) is 10.1 Å². The summed E-state index contributed by atoms with van der Waals surface area (Å²) >= 11 is 0. The maximum atomic E-state index is 12.4. The van der Waals surface area contributed by atoms with E-state index >= 15 is 0 Å². The highest BCUT2D eigenvalue weighted by molar-refractivity contribution is 5.75. The first-order valence-electron chi connectivity index (χ1n) is 10.1. The first kappa shape index (κ1) is 22.9. The maximum absolute atomic E-state index is 12.4. The Morgan fingerprint density at radius 2 is 1.66 bits per heavy atom. The van der Waals surface area contributed by atoms with Gasteiger partial charge in [-0.3, -0.25) is 4.79 Å². The number of rotatable bonds is 11. The van der Waals surface area contributed by atoms with Gasteiger partial charge in [-0.05, 0) is 42.8 Å². The summed E-state index contributed by atoms with van der Waals surface area (Å²) in [7, 11) is 6.45. The Morgan fingerprint density at radius 1 is 0.969 bits per heavy atom. The third-order valence-corrected chi connectivity index (χ3v) is 4.78. The maximum Gasteiger partial charge on any atom is 0.246 e. The van der Waals surface area contributed by atoms with Crippen LogP contribution in [0.4, 0.5) is 0 Å². The van der Waals surface area contributed by atoms with Crippen LogP contribution in [0.5, 0.6) is 23.0 Å². The van der Waals surface area contributed by atoms with E-state index in [0.29, 0.717) is 48.2 Å². The Labute approximate surface area is 186 Å². The van der Waals surface area contributed by atoms with Crippen molar-refractivity contribution in [2.45, 2.75) is 19.4 Å². The number of benzene rings is 2. The van der Waals surface area contributed by atoms with Gasteiger partial charge in [0.25, 0.3) is 0 Å². The van der Waals surface area contributed by atoms with Gasteiger partial charge < -0.3 is 28.4 Å². The number of carbonyl (C=O) groups excluding carboxylic acids is 1. The summed E-state index contributed by atoms with van der Waals surface area (Å²) in [6.45, 7) is 0.650. The molecule has 0 atom stereocenters. The molecule has 3 aromatic rings. The van der Waals surface area contributed by atoms with Crippen LogP contribution in [-0.2, 0) is 11.3 Å². The molecule has 1 amide bonds.